The topological polar surface area (TPSA) is 59.6 Å². The molecule has 122 valence electrons. The van der Waals surface area contributed by atoms with Crippen LogP contribution < -0.4 is 15.8 Å². The number of nitrogens with one attached hydrogen (secondary N) is 1. The summed E-state index contributed by atoms with van der Waals surface area (Å²) in [6, 6.07) is 17.6. The Morgan fingerprint density at radius 2 is 1.96 bits per heavy atom. The van der Waals surface area contributed by atoms with E-state index in [4.69, 9.17) is 10.5 Å². The number of hydrogen-bond donors (Lipinski definition) is 2. The van der Waals surface area contributed by atoms with Crippen LogP contribution in [0.3, 0.4) is 0 Å². The Kier molecular flexibility index (Phi) is 7.83. The number of para-hydroxylation sites is 1. The number of guanidine groups is 1. The van der Waals surface area contributed by atoms with Crippen molar-refractivity contribution in [3.63, 3.8) is 0 Å². The first-order chi connectivity index (χ1) is 11.2. The Hall–Kier alpha value is -1.66. The normalized spacial score (nSPS) is 11.3. The summed E-state index contributed by atoms with van der Waals surface area (Å²) in [5.74, 6) is 3.17. The number of nitrogens with two attached hydrogens (primary N) is 1. The average molecular weight is 394 g/mol. The zero-order valence-corrected chi connectivity index (χ0v) is 15.1. The third kappa shape index (κ3) is 7.43. The molecule has 23 heavy (non-hydrogen) atoms. The van der Waals surface area contributed by atoms with Gasteiger partial charge in [0.15, 0.2) is 5.96 Å². The van der Waals surface area contributed by atoms with Crippen molar-refractivity contribution < 1.29 is 4.74 Å². The predicted molar refractivity (Wildman–Crippen MR) is 104 cm³/mol. The minimum absolute atomic E-state index is 0.446. The maximum atomic E-state index is 5.84. The number of ether oxygens (including phenoxy) is 1. The highest BCUT2D eigenvalue weighted by atomic mass is 79.9. The monoisotopic (exact) mass is 393 g/mol. The van der Waals surface area contributed by atoms with Crippen LogP contribution in [0.2, 0.25) is 0 Å². The van der Waals surface area contributed by atoms with Gasteiger partial charge in [-0.1, -0.05) is 40.2 Å². The van der Waals surface area contributed by atoms with Crippen LogP contribution in [0.15, 0.2) is 64.1 Å². The largest absolute Gasteiger partial charge is 0.493 e. The molecule has 2 rings (SSSR count). The highest BCUT2D eigenvalue weighted by molar-refractivity contribution is 9.10. The van der Waals surface area contributed by atoms with Crippen LogP contribution in [0, 0.1) is 0 Å². The number of halogens is 1. The molecule has 0 heterocycles. The molecule has 0 radical (unpaired) electrons. The van der Waals surface area contributed by atoms with Crippen molar-refractivity contribution in [2.24, 2.45) is 10.7 Å². The smallest absolute Gasteiger partial charge is 0.193 e. The third-order valence-electron chi connectivity index (χ3n) is 2.86. The van der Waals surface area contributed by atoms with E-state index in [1.807, 2.05) is 54.6 Å². The predicted octanol–water partition coefficient (Wildman–Crippen LogP) is 3.99. The van der Waals surface area contributed by atoms with E-state index >= 15 is 0 Å². The van der Waals surface area contributed by atoms with Gasteiger partial charge in [-0.25, -0.2) is 0 Å². The molecule has 0 aromatic heterocycles. The van der Waals surface area contributed by atoms with Gasteiger partial charge in [-0.3, -0.25) is 4.99 Å². The molecule has 2 aromatic carbocycles. The van der Waals surface area contributed by atoms with Gasteiger partial charge in [0.05, 0.1) is 13.2 Å². The summed E-state index contributed by atoms with van der Waals surface area (Å²) < 4.78 is 6.70. The number of anilines is 1. The lowest BCUT2D eigenvalue weighted by atomic mass is 10.3. The molecule has 0 aliphatic heterocycles. The Balaban J connectivity index is 1.56. The first-order valence-electron chi connectivity index (χ1n) is 7.32. The quantitative estimate of drug-likeness (QED) is 0.404. The van der Waals surface area contributed by atoms with Gasteiger partial charge in [-0.15, -0.1) is 0 Å². The van der Waals surface area contributed by atoms with Crippen molar-refractivity contribution in [3.05, 3.63) is 59.1 Å². The van der Waals surface area contributed by atoms with Crippen molar-refractivity contribution in [2.45, 2.75) is 0 Å². The Morgan fingerprint density at radius 3 is 2.74 bits per heavy atom. The van der Waals surface area contributed by atoms with E-state index in [-0.39, 0.29) is 0 Å². The van der Waals surface area contributed by atoms with Crippen LogP contribution in [0.4, 0.5) is 5.69 Å². The molecule has 4 nitrogen and oxygen atoms in total. The fraction of sp³-hybridized carbons (Fsp3) is 0.235. The second-order valence-corrected chi connectivity index (χ2v) is 6.82. The van der Waals surface area contributed by atoms with Crippen molar-refractivity contribution in [1.29, 1.82) is 0 Å². The first-order valence-corrected chi connectivity index (χ1v) is 9.27. The van der Waals surface area contributed by atoms with E-state index in [9.17, 15) is 0 Å². The highest BCUT2D eigenvalue weighted by Gasteiger charge is 1.96. The molecule has 3 N–H and O–H groups in total. The number of thioether (sulfide) groups is 1. The fourth-order valence-electron chi connectivity index (χ4n) is 1.82. The molecule has 0 spiro atoms. The zero-order chi connectivity index (χ0) is 16.3. The van der Waals surface area contributed by atoms with Gasteiger partial charge < -0.3 is 15.8 Å². The highest BCUT2D eigenvalue weighted by Crippen LogP contribution is 2.17. The standard InChI is InChI=1S/C17H20BrN3OS/c18-14-5-4-8-16(13-14)22-10-12-23-11-9-20-17(19)21-15-6-2-1-3-7-15/h1-8,13H,9-12H2,(H3,19,20,21). The van der Waals surface area contributed by atoms with Crippen molar-refractivity contribution >= 4 is 39.3 Å². The molecular formula is C17H20BrN3OS. The molecule has 0 bridgehead atoms. The van der Waals surface area contributed by atoms with Crippen molar-refractivity contribution in [3.8, 4) is 5.75 Å². The van der Waals surface area contributed by atoms with E-state index in [0.717, 1.165) is 27.4 Å². The summed E-state index contributed by atoms with van der Waals surface area (Å²) in [5, 5.41) is 3.06. The van der Waals surface area contributed by atoms with Gasteiger partial charge in [-0.2, -0.15) is 11.8 Å². The van der Waals surface area contributed by atoms with E-state index in [1.54, 1.807) is 11.8 Å². The van der Waals surface area contributed by atoms with Crippen LogP contribution in [-0.2, 0) is 0 Å². The maximum Gasteiger partial charge on any atom is 0.193 e. The van der Waals surface area contributed by atoms with E-state index < -0.39 is 0 Å². The molecule has 0 fully saturated rings. The van der Waals surface area contributed by atoms with Crippen LogP contribution in [0.5, 0.6) is 5.75 Å². The summed E-state index contributed by atoms with van der Waals surface area (Å²) in [7, 11) is 0. The van der Waals surface area contributed by atoms with Crippen molar-refractivity contribution in [2.75, 3.05) is 30.0 Å². The molecule has 0 unspecified atom stereocenters. The average Bonchev–Trinajstić information content (AvgIpc) is 2.55. The molecule has 0 amide bonds. The van der Waals surface area contributed by atoms with Gasteiger partial charge in [0.1, 0.15) is 5.75 Å². The second kappa shape index (κ2) is 10.2. The Bertz CT molecular complexity index is 622. The summed E-state index contributed by atoms with van der Waals surface area (Å²) in [6.45, 7) is 1.37. The molecule has 0 aliphatic carbocycles. The van der Waals surface area contributed by atoms with Gasteiger partial charge in [0.2, 0.25) is 0 Å². The number of benzene rings is 2. The van der Waals surface area contributed by atoms with Gasteiger partial charge in [0, 0.05) is 21.7 Å². The Labute approximate surface area is 149 Å². The molecule has 0 aliphatic rings. The number of rotatable bonds is 8. The minimum Gasteiger partial charge on any atom is -0.493 e. The molecular weight excluding hydrogens is 374 g/mol. The zero-order valence-electron chi connectivity index (χ0n) is 12.7. The van der Waals surface area contributed by atoms with Gasteiger partial charge >= 0.3 is 0 Å². The molecule has 6 heteroatoms. The summed E-state index contributed by atoms with van der Waals surface area (Å²) in [4.78, 5) is 4.30. The molecule has 2 aromatic rings. The first kappa shape index (κ1) is 17.7. The third-order valence-corrected chi connectivity index (χ3v) is 4.28. The molecule has 0 atom stereocenters. The van der Waals surface area contributed by atoms with Crippen LogP contribution in [-0.4, -0.2) is 30.6 Å². The lowest BCUT2D eigenvalue weighted by molar-refractivity contribution is 0.344. The van der Waals surface area contributed by atoms with E-state index in [2.05, 4.69) is 26.2 Å². The lowest BCUT2D eigenvalue weighted by Crippen LogP contribution is -2.23. The fourth-order valence-corrected chi connectivity index (χ4v) is 2.82. The number of nitrogens with zero attached hydrogens (tertiary/aromatic N) is 1. The van der Waals surface area contributed by atoms with Crippen LogP contribution in [0.25, 0.3) is 0 Å². The maximum absolute atomic E-state index is 5.84. The summed E-state index contributed by atoms with van der Waals surface area (Å²) >= 11 is 5.22. The Morgan fingerprint density at radius 1 is 1.13 bits per heavy atom. The number of hydrogen-bond acceptors (Lipinski definition) is 3. The lowest BCUT2D eigenvalue weighted by Gasteiger charge is -2.06. The van der Waals surface area contributed by atoms with E-state index in [0.29, 0.717) is 19.1 Å². The van der Waals surface area contributed by atoms with Gasteiger partial charge in [-0.05, 0) is 30.3 Å². The van der Waals surface area contributed by atoms with Crippen molar-refractivity contribution in [1.82, 2.24) is 0 Å². The van der Waals surface area contributed by atoms with Crippen LogP contribution >= 0.6 is 27.7 Å². The number of aliphatic imine (C=N–C) groups is 1. The SMILES string of the molecule is NC(=NCCSCCOc1cccc(Br)c1)Nc1ccccc1. The second-order valence-electron chi connectivity index (χ2n) is 4.68. The summed E-state index contributed by atoms with van der Waals surface area (Å²) in [5.41, 5.74) is 6.79. The van der Waals surface area contributed by atoms with Crippen LogP contribution in [0.1, 0.15) is 0 Å². The van der Waals surface area contributed by atoms with Gasteiger partial charge in [0.25, 0.3) is 0 Å². The van der Waals surface area contributed by atoms with E-state index in [1.165, 1.54) is 0 Å². The molecule has 0 saturated heterocycles. The summed E-state index contributed by atoms with van der Waals surface area (Å²) in [6.07, 6.45) is 0. The molecule has 0 saturated carbocycles. The minimum atomic E-state index is 0.446.